The van der Waals surface area contributed by atoms with Gasteiger partial charge in [0.05, 0.1) is 0 Å². The minimum absolute atomic E-state index is 0.123. The molecule has 2 aromatic rings. The molecule has 2 aromatic carbocycles. The summed E-state index contributed by atoms with van der Waals surface area (Å²) in [7, 11) is -0.808. The summed E-state index contributed by atoms with van der Waals surface area (Å²) in [5.74, 6) is 0.999. The lowest BCUT2D eigenvalue weighted by Crippen LogP contribution is -2.15. The van der Waals surface area contributed by atoms with E-state index >= 15 is 0 Å². The molecule has 0 unspecified atom stereocenters. The quantitative estimate of drug-likeness (QED) is 0.415. The predicted molar refractivity (Wildman–Crippen MR) is 117 cm³/mol. The monoisotopic (exact) mass is 365 g/mol. The Morgan fingerprint density at radius 3 is 1.77 bits per heavy atom. The molecule has 139 valence electrons. The lowest BCUT2D eigenvalue weighted by molar-refractivity contribution is 0.559. The normalized spacial score (nSPS) is 12.8. The first-order chi connectivity index (χ1) is 12.0. The van der Waals surface area contributed by atoms with Crippen molar-refractivity contribution < 1.29 is 4.43 Å². The minimum Gasteiger partial charge on any atom is -0.542 e. The number of hydrogen-bond donors (Lipinski definition) is 0. The molecule has 0 saturated heterocycles. The molecule has 26 heavy (non-hydrogen) atoms. The molecule has 0 spiro atoms. The van der Waals surface area contributed by atoms with Gasteiger partial charge >= 0.3 is 0 Å². The average molecular weight is 366 g/mol. The summed E-state index contributed by atoms with van der Waals surface area (Å²) in [6, 6.07) is 15.4. The van der Waals surface area contributed by atoms with E-state index in [0.29, 0.717) is 0 Å². The standard InChI is InChI=1S/C24H33OSi/c1-23(2,3)20-14-10-18(11-15-20)9-12-19-13-16-21(24(4,5)6)17-22(19)25-26(7)8/h9-17H,1-8H3/b12-9+. The molecule has 0 aliphatic rings. The van der Waals surface area contributed by atoms with E-state index in [2.05, 4.69) is 109 Å². The molecule has 0 amide bonds. The summed E-state index contributed by atoms with van der Waals surface area (Å²) in [6.45, 7) is 17.8. The average Bonchev–Trinajstić information content (AvgIpc) is 2.51. The Balaban J connectivity index is 2.31. The molecule has 2 rings (SSSR count). The molecule has 0 heterocycles. The van der Waals surface area contributed by atoms with Crippen LogP contribution >= 0.6 is 0 Å². The van der Waals surface area contributed by atoms with Gasteiger partial charge in [-0.2, -0.15) is 0 Å². The fourth-order valence-electron chi connectivity index (χ4n) is 2.73. The van der Waals surface area contributed by atoms with Crippen LogP contribution in [0.1, 0.15) is 63.8 Å². The Labute approximate surface area is 161 Å². The van der Waals surface area contributed by atoms with Crippen molar-refractivity contribution in [2.45, 2.75) is 65.5 Å². The molecule has 1 nitrogen and oxygen atoms in total. The van der Waals surface area contributed by atoms with E-state index in [9.17, 15) is 0 Å². The minimum atomic E-state index is -0.808. The molecule has 0 aromatic heterocycles. The van der Waals surface area contributed by atoms with Crippen molar-refractivity contribution in [2.75, 3.05) is 0 Å². The van der Waals surface area contributed by atoms with Crippen molar-refractivity contribution >= 4 is 21.2 Å². The van der Waals surface area contributed by atoms with Crippen molar-refractivity contribution in [3.63, 3.8) is 0 Å². The smallest absolute Gasteiger partial charge is 0.274 e. The third-order valence-corrected chi connectivity index (χ3v) is 5.05. The molecule has 1 radical (unpaired) electrons. The number of rotatable bonds is 4. The van der Waals surface area contributed by atoms with Crippen molar-refractivity contribution in [1.29, 1.82) is 0 Å². The predicted octanol–water partition coefficient (Wildman–Crippen LogP) is 7.08. The van der Waals surface area contributed by atoms with Crippen LogP contribution < -0.4 is 4.43 Å². The summed E-state index contributed by atoms with van der Waals surface area (Å²) in [4.78, 5) is 0. The summed E-state index contributed by atoms with van der Waals surface area (Å²) in [5, 5.41) is 0. The van der Waals surface area contributed by atoms with Crippen LogP contribution in [0.25, 0.3) is 12.2 Å². The second-order valence-electron chi connectivity index (χ2n) is 9.22. The van der Waals surface area contributed by atoms with E-state index in [4.69, 9.17) is 4.43 Å². The summed E-state index contributed by atoms with van der Waals surface area (Å²) in [6.07, 6.45) is 4.34. The van der Waals surface area contributed by atoms with Crippen LogP contribution in [0, 0.1) is 0 Å². The van der Waals surface area contributed by atoms with Gasteiger partial charge in [0.2, 0.25) is 0 Å². The van der Waals surface area contributed by atoms with Gasteiger partial charge in [0.15, 0.2) is 0 Å². The van der Waals surface area contributed by atoms with Gasteiger partial charge in [0.25, 0.3) is 9.04 Å². The highest BCUT2D eigenvalue weighted by atomic mass is 28.3. The Morgan fingerprint density at radius 2 is 1.27 bits per heavy atom. The third kappa shape index (κ3) is 5.60. The third-order valence-electron chi connectivity index (χ3n) is 4.43. The van der Waals surface area contributed by atoms with Crippen LogP contribution in [0.4, 0.5) is 0 Å². The summed E-state index contributed by atoms with van der Waals surface area (Å²) >= 11 is 0. The second kappa shape index (κ2) is 7.83. The Morgan fingerprint density at radius 1 is 0.731 bits per heavy atom. The lowest BCUT2D eigenvalue weighted by atomic mass is 9.86. The molecule has 2 heteroatoms. The molecule has 0 bridgehead atoms. The van der Waals surface area contributed by atoms with E-state index in [1.165, 1.54) is 16.7 Å². The first-order valence-electron chi connectivity index (χ1n) is 9.38. The van der Waals surface area contributed by atoms with E-state index in [0.717, 1.165) is 11.3 Å². The molecular formula is C24H33OSi. The lowest BCUT2D eigenvalue weighted by Gasteiger charge is -2.22. The van der Waals surface area contributed by atoms with Crippen LogP contribution in [-0.2, 0) is 10.8 Å². The van der Waals surface area contributed by atoms with Gasteiger partial charge in [0, 0.05) is 5.56 Å². The van der Waals surface area contributed by atoms with E-state index in [-0.39, 0.29) is 10.8 Å². The maximum absolute atomic E-state index is 6.18. The van der Waals surface area contributed by atoms with Gasteiger partial charge in [-0.15, -0.1) is 0 Å². The molecule has 0 aliphatic heterocycles. The van der Waals surface area contributed by atoms with Gasteiger partial charge in [0.1, 0.15) is 5.75 Å². The van der Waals surface area contributed by atoms with E-state index < -0.39 is 9.04 Å². The van der Waals surface area contributed by atoms with Crippen LogP contribution in [0.15, 0.2) is 42.5 Å². The van der Waals surface area contributed by atoms with Crippen molar-refractivity contribution in [2.24, 2.45) is 0 Å². The molecule has 0 aliphatic carbocycles. The topological polar surface area (TPSA) is 9.23 Å². The van der Waals surface area contributed by atoms with Gasteiger partial charge in [-0.05, 0) is 46.7 Å². The first kappa shape index (κ1) is 20.5. The summed E-state index contributed by atoms with van der Waals surface area (Å²) in [5.41, 5.74) is 5.33. The second-order valence-corrected chi connectivity index (χ2v) is 11.2. The van der Waals surface area contributed by atoms with Crippen molar-refractivity contribution in [3.8, 4) is 5.75 Å². The fourth-order valence-corrected chi connectivity index (χ4v) is 3.34. The van der Waals surface area contributed by atoms with Crippen LogP contribution in [0.5, 0.6) is 5.75 Å². The molecule has 0 fully saturated rings. The number of hydrogen-bond acceptors (Lipinski definition) is 1. The zero-order valence-electron chi connectivity index (χ0n) is 17.6. The van der Waals surface area contributed by atoms with Crippen LogP contribution in [-0.4, -0.2) is 9.04 Å². The zero-order valence-corrected chi connectivity index (χ0v) is 18.6. The van der Waals surface area contributed by atoms with Crippen LogP contribution in [0.2, 0.25) is 13.1 Å². The Bertz CT molecular complexity index is 756. The first-order valence-corrected chi connectivity index (χ1v) is 11.8. The Kier molecular flexibility index (Phi) is 6.18. The molecule has 0 N–H and O–H groups in total. The highest BCUT2D eigenvalue weighted by molar-refractivity contribution is 6.49. The van der Waals surface area contributed by atoms with E-state index in [1.54, 1.807) is 0 Å². The molecule has 0 atom stereocenters. The summed E-state index contributed by atoms with van der Waals surface area (Å²) < 4.78 is 6.18. The van der Waals surface area contributed by atoms with E-state index in [1.807, 2.05) is 0 Å². The van der Waals surface area contributed by atoms with Crippen LogP contribution in [0.3, 0.4) is 0 Å². The highest BCUT2D eigenvalue weighted by Crippen LogP contribution is 2.30. The highest BCUT2D eigenvalue weighted by Gasteiger charge is 2.16. The maximum atomic E-state index is 6.18. The van der Waals surface area contributed by atoms with Gasteiger partial charge < -0.3 is 4.43 Å². The van der Waals surface area contributed by atoms with Crippen molar-refractivity contribution in [3.05, 3.63) is 64.7 Å². The van der Waals surface area contributed by atoms with Gasteiger partial charge in [-0.1, -0.05) is 90.1 Å². The Hall–Kier alpha value is -1.80. The molecular weight excluding hydrogens is 332 g/mol. The fraction of sp³-hybridized carbons (Fsp3) is 0.417. The molecule has 0 saturated carbocycles. The maximum Gasteiger partial charge on any atom is 0.274 e. The van der Waals surface area contributed by atoms with Gasteiger partial charge in [-0.3, -0.25) is 0 Å². The largest absolute Gasteiger partial charge is 0.542 e. The van der Waals surface area contributed by atoms with Crippen molar-refractivity contribution in [1.82, 2.24) is 0 Å². The SMILES string of the molecule is C[Si](C)Oc1cc(C(C)(C)C)ccc1/C=C/c1ccc(C(C)(C)C)cc1. The zero-order chi connectivity index (χ0) is 19.5. The van der Waals surface area contributed by atoms with Gasteiger partial charge in [-0.25, -0.2) is 0 Å². The number of benzene rings is 2.